The molecule has 0 aromatic heterocycles. The monoisotopic (exact) mass is 318 g/mol. The molecule has 22 heavy (non-hydrogen) atoms. The van der Waals surface area contributed by atoms with Crippen LogP contribution in [0.25, 0.3) is 0 Å². The van der Waals surface area contributed by atoms with E-state index in [9.17, 15) is 25.5 Å². The molecule has 4 bridgehead atoms. The van der Waals surface area contributed by atoms with Crippen LogP contribution in [0.3, 0.4) is 0 Å². The Morgan fingerprint density at radius 3 is 2.50 bits per heavy atom. The molecule has 10 N–H and O–H groups in total. The van der Waals surface area contributed by atoms with Gasteiger partial charge in [-0.15, -0.1) is 0 Å². The van der Waals surface area contributed by atoms with E-state index in [4.69, 9.17) is 20.9 Å². The Kier molecular flexibility index (Phi) is 2.57. The van der Waals surface area contributed by atoms with E-state index in [2.05, 4.69) is 10.3 Å². The summed E-state index contributed by atoms with van der Waals surface area (Å²) in [5, 5.41) is 54.4. The molecule has 0 radical (unpaired) electrons. The molecule has 5 aliphatic rings. The molecule has 1 aliphatic carbocycles. The Hall–Kier alpha value is -1.05. The standard InChI is InChI=1S/C11H18N4O7/c12-6-2-4-9(19,1-16)5-3(17)10(2,15-8(13)14-6)7(18)11(20,21-4)22-5/h2-7,16-20H,1,12H2,(H3,13,14,15)/t2?,3-,4?,5?,6+,7+,9+,10-,11?/m1/s1. The Morgan fingerprint density at radius 1 is 1.23 bits per heavy atom. The number of nitrogens with two attached hydrogens (primary N) is 2. The van der Waals surface area contributed by atoms with Crippen molar-refractivity contribution in [2.75, 3.05) is 6.61 Å². The van der Waals surface area contributed by atoms with E-state index in [1.54, 1.807) is 0 Å². The minimum atomic E-state index is -2.46. The maximum Gasteiger partial charge on any atom is 0.311 e. The molecule has 1 saturated carbocycles. The summed E-state index contributed by atoms with van der Waals surface area (Å²) < 4.78 is 10.4. The molecule has 5 rings (SSSR count). The smallest absolute Gasteiger partial charge is 0.311 e. The van der Waals surface area contributed by atoms with Gasteiger partial charge in [-0.25, -0.2) is 4.99 Å². The third-order valence-corrected chi connectivity index (χ3v) is 5.28. The van der Waals surface area contributed by atoms with E-state index in [-0.39, 0.29) is 5.96 Å². The third-order valence-electron chi connectivity index (χ3n) is 5.28. The molecule has 3 saturated heterocycles. The lowest BCUT2D eigenvalue weighted by Gasteiger charge is -2.71. The Morgan fingerprint density at radius 2 is 1.86 bits per heavy atom. The quantitative estimate of drug-likeness (QED) is 0.231. The molecule has 4 fully saturated rings. The zero-order valence-electron chi connectivity index (χ0n) is 11.3. The van der Waals surface area contributed by atoms with E-state index in [1.165, 1.54) is 0 Å². The zero-order chi connectivity index (χ0) is 16.1. The van der Waals surface area contributed by atoms with Gasteiger partial charge in [-0.2, -0.15) is 0 Å². The predicted molar refractivity (Wildman–Crippen MR) is 67.7 cm³/mol. The summed E-state index contributed by atoms with van der Waals surface area (Å²) in [4.78, 5) is 3.92. The van der Waals surface area contributed by atoms with Crippen LogP contribution in [0.2, 0.25) is 0 Å². The Labute approximate surface area is 124 Å². The highest BCUT2D eigenvalue weighted by Crippen LogP contribution is 2.58. The molecular weight excluding hydrogens is 300 g/mol. The lowest BCUT2D eigenvalue weighted by Crippen LogP contribution is -2.95. The van der Waals surface area contributed by atoms with Crippen LogP contribution in [-0.4, -0.2) is 85.8 Å². The molecule has 0 aromatic carbocycles. The summed E-state index contributed by atoms with van der Waals surface area (Å²) in [7, 11) is 0. The van der Waals surface area contributed by atoms with Crippen LogP contribution < -0.4 is 16.8 Å². The Balaban J connectivity index is 1.95. The maximum absolute atomic E-state index is 10.7. The number of aliphatic hydroxyl groups excluding tert-OH is 3. The van der Waals surface area contributed by atoms with Crippen LogP contribution in [0, 0.1) is 5.92 Å². The highest BCUT2D eigenvalue weighted by Gasteiger charge is 2.82. The van der Waals surface area contributed by atoms with Gasteiger partial charge in [0.2, 0.25) is 0 Å². The van der Waals surface area contributed by atoms with Gasteiger partial charge in [0.05, 0.1) is 12.5 Å². The number of guanidine groups is 1. The maximum atomic E-state index is 10.7. The predicted octanol–water partition coefficient (Wildman–Crippen LogP) is -5.55. The molecule has 11 nitrogen and oxygen atoms in total. The fourth-order valence-corrected chi connectivity index (χ4v) is 4.31. The number of hydrogen-bond donors (Lipinski definition) is 8. The van der Waals surface area contributed by atoms with Gasteiger partial charge in [-0.05, 0) is 0 Å². The van der Waals surface area contributed by atoms with E-state index in [1.807, 2.05) is 0 Å². The van der Waals surface area contributed by atoms with Crippen LogP contribution in [0.15, 0.2) is 4.99 Å². The lowest BCUT2D eigenvalue weighted by atomic mass is 9.55. The summed E-state index contributed by atoms with van der Waals surface area (Å²) in [5.74, 6) is -3.54. The third kappa shape index (κ3) is 1.28. The first-order chi connectivity index (χ1) is 10.2. The topological polar surface area (TPSA) is 196 Å². The first kappa shape index (κ1) is 14.5. The lowest BCUT2D eigenvalue weighted by molar-refractivity contribution is -0.546. The highest BCUT2D eigenvalue weighted by atomic mass is 16.9. The summed E-state index contributed by atoms with van der Waals surface area (Å²) in [5.41, 5.74) is 7.96. The first-order valence-corrected chi connectivity index (χ1v) is 6.85. The number of nitrogens with zero attached hydrogens (tertiary/aromatic N) is 1. The van der Waals surface area contributed by atoms with E-state index < -0.39 is 60.2 Å². The van der Waals surface area contributed by atoms with Crippen molar-refractivity contribution in [3.05, 3.63) is 0 Å². The summed E-state index contributed by atoms with van der Waals surface area (Å²) in [6, 6.07) is 0. The summed E-state index contributed by atoms with van der Waals surface area (Å²) in [6.45, 7) is -0.802. The number of aliphatic hydroxyl groups is 5. The number of ether oxygens (including phenoxy) is 2. The first-order valence-electron chi connectivity index (χ1n) is 6.85. The minimum absolute atomic E-state index is 0.125. The van der Waals surface area contributed by atoms with Crippen LogP contribution >= 0.6 is 0 Å². The van der Waals surface area contributed by atoms with Gasteiger partial charge in [0.15, 0.2) is 12.1 Å². The number of nitrogens with one attached hydrogen (secondary N) is 1. The van der Waals surface area contributed by atoms with Crippen molar-refractivity contribution < 1.29 is 35.0 Å². The second-order valence-electron chi connectivity index (χ2n) is 6.29. The molecule has 4 heterocycles. The van der Waals surface area contributed by atoms with Gasteiger partial charge in [-0.1, -0.05) is 0 Å². The van der Waals surface area contributed by atoms with Crippen molar-refractivity contribution in [1.29, 1.82) is 0 Å². The number of aliphatic imine (C=N–C) groups is 1. The van der Waals surface area contributed by atoms with Crippen molar-refractivity contribution in [3.8, 4) is 0 Å². The summed E-state index contributed by atoms with van der Waals surface area (Å²) in [6.07, 6.45) is -6.93. The molecule has 11 heteroatoms. The molecule has 9 atom stereocenters. The highest BCUT2D eigenvalue weighted by molar-refractivity contribution is 5.80. The van der Waals surface area contributed by atoms with Crippen molar-refractivity contribution in [2.24, 2.45) is 22.4 Å². The number of hydrogen-bond acceptors (Lipinski definition) is 11. The van der Waals surface area contributed by atoms with Gasteiger partial charge < -0.3 is 51.8 Å². The van der Waals surface area contributed by atoms with Crippen LogP contribution in [0.1, 0.15) is 0 Å². The molecule has 4 unspecified atom stereocenters. The molecule has 124 valence electrons. The van der Waals surface area contributed by atoms with Gasteiger partial charge in [0.1, 0.15) is 35.6 Å². The summed E-state index contributed by atoms with van der Waals surface area (Å²) >= 11 is 0. The minimum Gasteiger partial charge on any atom is -0.393 e. The molecule has 1 spiro atoms. The van der Waals surface area contributed by atoms with Crippen LogP contribution in [-0.2, 0) is 9.47 Å². The van der Waals surface area contributed by atoms with Crippen LogP contribution in [0.4, 0.5) is 0 Å². The Bertz CT molecular complexity index is 563. The second-order valence-corrected chi connectivity index (χ2v) is 6.29. The normalized spacial score (nSPS) is 62.4. The fraction of sp³-hybridized carbons (Fsp3) is 0.909. The molecular formula is C11H18N4O7. The van der Waals surface area contributed by atoms with Crippen molar-refractivity contribution in [1.82, 2.24) is 5.32 Å². The molecule has 0 aromatic rings. The largest absolute Gasteiger partial charge is 0.393 e. The van der Waals surface area contributed by atoms with Gasteiger partial charge in [-0.3, -0.25) is 0 Å². The van der Waals surface area contributed by atoms with Gasteiger partial charge in [0.25, 0.3) is 0 Å². The zero-order valence-corrected chi connectivity index (χ0v) is 11.3. The second kappa shape index (κ2) is 3.88. The van der Waals surface area contributed by atoms with Gasteiger partial charge in [0, 0.05) is 0 Å². The van der Waals surface area contributed by atoms with Crippen molar-refractivity contribution in [2.45, 2.75) is 47.7 Å². The van der Waals surface area contributed by atoms with E-state index in [0.717, 1.165) is 0 Å². The van der Waals surface area contributed by atoms with Gasteiger partial charge >= 0.3 is 5.97 Å². The van der Waals surface area contributed by atoms with Crippen LogP contribution in [0.5, 0.6) is 0 Å². The average molecular weight is 318 g/mol. The van der Waals surface area contributed by atoms with Crippen molar-refractivity contribution >= 4 is 5.96 Å². The molecule has 4 aliphatic heterocycles. The average Bonchev–Trinajstić information content (AvgIpc) is 2.45. The van der Waals surface area contributed by atoms with E-state index >= 15 is 0 Å². The number of rotatable bonds is 1. The van der Waals surface area contributed by atoms with Crippen molar-refractivity contribution in [3.63, 3.8) is 0 Å². The molecule has 0 amide bonds. The SMILES string of the molecule is NC1=N[C@H](N)C2C3OC4(O)OC([C@@H](O)[C@@]2(N1)[C@@H]4O)[C@]3(O)CO. The van der Waals surface area contributed by atoms with E-state index in [0.29, 0.717) is 0 Å². The fourth-order valence-electron chi connectivity index (χ4n) is 4.31.